The highest BCUT2D eigenvalue weighted by molar-refractivity contribution is 5.92. The number of benzene rings is 2. The van der Waals surface area contributed by atoms with Crippen LogP contribution in [0.3, 0.4) is 0 Å². The number of likely N-dealkylation sites (N-methyl/N-ethyl adjacent to an activating group) is 1. The minimum absolute atomic E-state index is 0.0810. The summed E-state index contributed by atoms with van der Waals surface area (Å²) in [5.74, 6) is -0.112. The van der Waals surface area contributed by atoms with Gasteiger partial charge in [-0.15, -0.1) is 0 Å². The number of carbonyl (C=O) groups excluding carboxylic acids is 1. The average molecular weight is 481 g/mol. The lowest BCUT2D eigenvalue weighted by atomic mass is 10.1. The van der Waals surface area contributed by atoms with Crippen LogP contribution in [0.1, 0.15) is 28.9 Å². The Morgan fingerprint density at radius 2 is 1.94 bits per heavy atom. The molecule has 0 bridgehead atoms. The number of carbonyl (C=O) groups is 1. The van der Waals surface area contributed by atoms with Gasteiger partial charge >= 0.3 is 0 Å². The van der Waals surface area contributed by atoms with Crippen LogP contribution in [-0.2, 0) is 11.3 Å². The van der Waals surface area contributed by atoms with E-state index < -0.39 is 17.3 Å². The molecule has 1 aromatic heterocycles. The molecule has 35 heavy (non-hydrogen) atoms. The van der Waals surface area contributed by atoms with Crippen molar-refractivity contribution in [1.29, 1.82) is 0 Å². The first kappa shape index (κ1) is 24.6. The minimum atomic E-state index is -0.426. The molecule has 4 rings (SSSR count). The van der Waals surface area contributed by atoms with E-state index in [1.807, 2.05) is 24.3 Å². The van der Waals surface area contributed by atoms with Crippen LogP contribution in [0.25, 0.3) is 5.69 Å². The molecule has 1 saturated heterocycles. The Balaban J connectivity index is 1.31. The lowest BCUT2D eigenvalue weighted by molar-refractivity contribution is 0.0392. The number of hydrogen-bond donors (Lipinski definition) is 1. The van der Waals surface area contributed by atoms with E-state index in [4.69, 9.17) is 9.47 Å². The zero-order valence-electron chi connectivity index (χ0n) is 19.7. The first-order valence-corrected chi connectivity index (χ1v) is 11.6. The fourth-order valence-electron chi connectivity index (χ4n) is 3.93. The number of aromatic nitrogens is 2. The molecule has 0 atom stereocenters. The zero-order chi connectivity index (χ0) is 24.6. The van der Waals surface area contributed by atoms with Crippen molar-refractivity contribution in [3.63, 3.8) is 0 Å². The molecule has 184 valence electrons. The normalized spacial score (nSPS) is 14.1. The Hall–Kier alpha value is -3.56. The summed E-state index contributed by atoms with van der Waals surface area (Å²) < 4.78 is 25.6. The third-order valence-electron chi connectivity index (χ3n) is 5.98. The van der Waals surface area contributed by atoms with Crippen molar-refractivity contribution in [2.75, 3.05) is 33.4 Å². The number of nitrogens with zero attached hydrogens (tertiary/aromatic N) is 3. The molecule has 2 aromatic carbocycles. The highest BCUT2D eigenvalue weighted by atomic mass is 19.1. The molecule has 0 aliphatic carbocycles. The topological polar surface area (TPSA) is 85.7 Å². The van der Waals surface area contributed by atoms with Gasteiger partial charge in [0.25, 0.3) is 11.5 Å². The molecular formula is C26H29FN4O4. The SMILES string of the molecule is CN(CCOc1cccc(CNC(=O)c2ccc(=O)n(-c3ccc(F)cc3)n2)c1)C1CCOCC1. The third kappa shape index (κ3) is 6.74. The van der Waals surface area contributed by atoms with Gasteiger partial charge in [-0.2, -0.15) is 9.78 Å². The van der Waals surface area contributed by atoms with Gasteiger partial charge in [-0.05, 0) is 67.9 Å². The van der Waals surface area contributed by atoms with Crippen molar-refractivity contribution in [2.24, 2.45) is 0 Å². The first-order chi connectivity index (χ1) is 17.0. The molecule has 1 amide bonds. The van der Waals surface area contributed by atoms with Crippen LogP contribution in [0.4, 0.5) is 4.39 Å². The predicted molar refractivity (Wildman–Crippen MR) is 129 cm³/mol. The Labute approximate surface area is 203 Å². The van der Waals surface area contributed by atoms with Gasteiger partial charge in [0, 0.05) is 38.4 Å². The lowest BCUT2D eigenvalue weighted by Gasteiger charge is -2.31. The molecule has 1 aliphatic heterocycles. The smallest absolute Gasteiger partial charge is 0.272 e. The Kier molecular flexibility index (Phi) is 8.23. The van der Waals surface area contributed by atoms with Crippen molar-refractivity contribution < 1.29 is 18.7 Å². The van der Waals surface area contributed by atoms with E-state index in [-0.39, 0.29) is 12.2 Å². The molecule has 3 aromatic rings. The average Bonchev–Trinajstić information content (AvgIpc) is 2.89. The van der Waals surface area contributed by atoms with Crippen LogP contribution < -0.4 is 15.6 Å². The third-order valence-corrected chi connectivity index (χ3v) is 5.98. The van der Waals surface area contributed by atoms with E-state index in [0.717, 1.165) is 48.6 Å². The molecule has 0 radical (unpaired) electrons. The van der Waals surface area contributed by atoms with Crippen molar-refractivity contribution in [1.82, 2.24) is 20.0 Å². The van der Waals surface area contributed by atoms with Crippen molar-refractivity contribution in [2.45, 2.75) is 25.4 Å². The molecule has 2 heterocycles. The fourth-order valence-corrected chi connectivity index (χ4v) is 3.93. The number of hydrogen-bond acceptors (Lipinski definition) is 6. The number of nitrogens with one attached hydrogen (secondary N) is 1. The molecule has 9 heteroatoms. The van der Waals surface area contributed by atoms with E-state index in [9.17, 15) is 14.0 Å². The van der Waals surface area contributed by atoms with Gasteiger partial charge in [-0.25, -0.2) is 4.39 Å². The largest absolute Gasteiger partial charge is 0.492 e. The van der Waals surface area contributed by atoms with Crippen LogP contribution in [0.15, 0.2) is 65.5 Å². The summed E-state index contributed by atoms with van der Waals surface area (Å²) in [5.41, 5.74) is 0.914. The van der Waals surface area contributed by atoms with Crippen LogP contribution in [-0.4, -0.2) is 60.0 Å². The molecule has 1 fully saturated rings. The molecular weight excluding hydrogens is 451 g/mol. The maximum Gasteiger partial charge on any atom is 0.272 e. The number of amides is 1. The summed E-state index contributed by atoms with van der Waals surface area (Å²) >= 11 is 0. The lowest BCUT2D eigenvalue weighted by Crippen LogP contribution is -2.38. The number of rotatable bonds is 9. The summed E-state index contributed by atoms with van der Waals surface area (Å²) in [6.07, 6.45) is 2.09. The number of halogens is 1. The van der Waals surface area contributed by atoms with Crippen LogP contribution >= 0.6 is 0 Å². The Morgan fingerprint density at radius 1 is 1.17 bits per heavy atom. The Bertz CT molecular complexity index is 1190. The van der Waals surface area contributed by atoms with E-state index in [1.54, 1.807) is 0 Å². The van der Waals surface area contributed by atoms with E-state index >= 15 is 0 Å². The maximum absolute atomic E-state index is 13.2. The van der Waals surface area contributed by atoms with Crippen LogP contribution in [0.2, 0.25) is 0 Å². The second-order valence-corrected chi connectivity index (χ2v) is 8.45. The second-order valence-electron chi connectivity index (χ2n) is 8.45. The van der Waals surface area contributed by atoms with Crippen LogP contribution in [0, 0.1) is 5.82 Å². The quantitative estimate of drug-likeness (QED) is 0.507. The monoisotopic (exact) mass is 480 g/mol. The van der Waals surface area contributed by atoms with E-state index in [2.05, 4.69) is 22.4 Å². The Morgan fingerprint density at radius 3 is 2.71 bits per heavy atom. The van der Waals surface area contributed by atoms with Gasteiger partial charge in [0.15, 0.2) is 0 Å². The van der Waals surface area contributed by atoms with Gasteiger partial charge in [-0.1, -0.05) is 12.1 Å². The second kappa shape index (κ2) is 11.7. The summed E-state index contributed by atoms with van der Waals surface area (Å²) in [5, 5.41) is 6.94. The number of ether oxygens (including phenoxy) is 2. The summed E-state index contributed by atoms with van der Waals surface area (Å²) in [6, 6.07) is 16.0. The maximum atomic E-state index is 13.2. The van der Waals surface area contributed by atoms with Gasteiger partial charge < -0.3 is 14.8 Å². The fraction of sp³-hybridized carbons (Fsp3) is 0.346. The van der Waals surface area contributed by atoms with Gasteiger partial charge in [0.1, 0.15) is 23.9 Å². The zero-order valence-corrected chi connectivity index (χ0v) is 19.7. The molecule has 1 N–H and O–H groups in total. The van der Waals surface area contributed by atoms with Crippen molar-refractivity contribution in [3.8, 4) is 11.4 Å². The minimum Gasteiger partial charge on any atom is -0.492 e. The molecule has 0 unspecified atom stereocenters. The molecule has 8 nitrogen and oxygen atoms in total. The molecule has 0 spiro atoms. The van der Waals surface area contributed by atoms with Gasteiger partial charge in [0.05, 0.1) is 5.69 Å². The van der Waals surface area contributed by atoms with Crippen molar-refractivity contribution in [3.05, 3.63) is 88.1 Å². The van der Waals surface area contributed by atoms with Crippen molar-refractivity contribution >= 4 is 5.91 Å². The van der Waals surface area contributed by atoms with Crippen LogP contribution in [0.5, 0.6) is 5.75 Å². The first-order valence-electron chi connectivity index (χ1n) is 11.6. The summed E-state index contributed by atoms with van der Waals surface area (Å²) in [4.78, 5) is 27.1. The highest BCUT2D eigenvalue weighted by Crippen LogP contribution is 2.15. The standard InChI is InChI=1S/C26H29FN4O4/c1-30(21-11-14-34-15-12-21)13-16-35-23-4-2-3-19(17-23)18-28-26(33)24-9-10-25(32)31(29-24)22-7-5-20(27)6-8-22/h2-10,17,21H,11-16,18H2,1H3,(H,28,33). The summed E-state index contributed by atoms with van der Waals surface area (Å²) in [6.45, 7) is 3.29. The van der Waals surface area contributed by atoms with Gasteiger partial charge in [-0.3, -0.25) is 14.5 Å². The molecule has 1 aliphatic rings. The van der Waals surface area contributed by atoms with Gasteiger partial charge in [0.2, 0.25) is 0 Å². The highest BCUT2D eigenvalue weighted by Gasteiger charge is 2.18. The van der Waals surface area contributed by atoms with E-state index in [1.165, 1.54) is 36.4 Å². The molecule has 0 saturated carbocycles. The van der Waals surface area contributed by atoms with E-state index in [0.29, 0.717) is 18.3 Å². The summed E-state index contributed by atoms with van der Waals surface area (Å²) in [7, 11) is 2.11. The predicted octanol–water partition coefficient (Wildman–Crippen LogP) is 2.79.